The van der Waals surface area contributed by atoms with Gasteiger partial charge in [-0.05, 0) is 32.3 Å². The third kappa shape index (κ3) is 4.72. The van der Waals surface area contributed by atoms with E-state index in [-0.39, 0.29) is 23.5 Å². The van der Waals surface area contributed by atoms with Crippen LogP contribution in [0.5, 0.6) is 0 Å². The monoisotopic (exact) mass is 380 g/mol. The molecule has 3 rings (SSSR count). The van der Waals surface area contributed by atoms with Gasteiger partial charge in [0, 0.05) is 24.8 Å². The molecule has 8 heteroatoms. The first-order chi connectivity index (χ1) is 12.3. The first kappa shape index (κ1) is 19.1. The molecule has 0 radical (unpaired) electrons. The van der Waals surface area contributed by atoms with Crippen molar-refractivity contribution in [2.75, 3.05) is 23.9 Å². The van der Waals surface area contributed by atoms with E-state index in [1.165, 1.54) is 30.6 Å². The van der Waals surface area contributed by atoms with Gasteiger partial charge in [0.2, 0.25) is 5.95 Å². The molecule has 1 aromatic rings. The first-order valence-electron chi connectivity index (χ1n) is 9.44. The van der Waals surface area contributed by atoms with E-state index in [1.54, 1.807) is 13.1 Å². The van der Waals surface area contributed by atoms with Crippen LogP contribution < -0.4 is 5.32 Å². The lowest BCUT2D eigenvalue weighted by Gasteiger charge is -2.23. The minimum Gasteiger partial charge on any atom is -0.351 e. The largest absolute Gasteiger partial charge is 0.351 e. The van der Waals surface area contributed by atoms with Crippen molar-refractivity contribution in [3.05, 3.63) is 17.5 Å². The van der Waals surface area contributed by atoms with Crippen LogP contribution in [-0.2, 0) is 9.84 Å². The summed E-state index contributed by atoms with van der Waals surface area (Å²) in [7, 11) is -1.38. The van der Waals surface area contributed by atoms with E-state index in [0.717, 1.165) is 18.5 Å². The number of anilines is 1. The molecule has 0 aromatic carbocycles. The van der Waals surface area contributed by atoms with Crippen LogP contribution in [0.4, 0.5) is 5.95 Å². The molecular formula is C18H28N4O3S. The number of amides is 1. The second kappa shape index (κ2) is 7.90. The van der Waals surface area contributed by atoms with Crippen molar-refractivity contribution in [3.63, 3.8) is 0 Å². The highest BCUT2D eigenvalue weighted by Crippen LogP contribution is 2.21. The van der Waals surface area contributed by atoms with Gasteiger partial charge in [0.25, 0.3) is 5.91 Å². The molecular weight excluding hydrogens is 352 g/mol. The van der Waals surface area contributed by atoms with Crippen LogP contribution in [0.2, 0.25) is 0 Å². The smallest absolute Gasteiger partial charge is 0.272 e. The van der Waals surface area contributed by atoms with Crippen LogP contribution in [0.25, 0.3) is 0 Å². The summed E-state index contributed by atoms with van der Waals surface area (Å²) in [6, 6.07) is 1.74. The zero-order chi connectivity index (χ0) is 18.7. The highest BCUT2D eigenvalue weighted by molar-refractivity contribution is 7.91. The number of aryl methyl sites for hydroxylation is 1. The van der Waals surface area contributed by atoms with E-state index in [9.17, 15) is 13.2 Å². The van der Waals surface area contributed by atoms with Crippen LogP contribution >= 0.6 is 0 Å². The molecule has 2 aliphatic rings. The number of aromatic nitrogens is 2. The number of hydrogen-bond donors (Lipinski definition) is 1. The van der Waals surface area contributed by atoms with Crippen LogP contribution in [0.3, 0.4) is 0 Å². The fourth-order valence-corrected chi connectivity index (χ4v) is 5.55. The Morgan fingerprint density at radius 3 is 2.46 bits per heavy atom. The van der Waals surface area contributed by atoms with Crippen LogP contribution in [0, 0.1) is 6.92 Å². The van der Waals surface area contributed by atoms with Gasteiger partial charge in [0.1, 0.15) is 5.69 Å². The molecule has 1 saturated heterocycles. The lowest BCUT2D eigenvalue weighted by atomic mass is 10.1. The lowest BCUT2D eigenvalue weighted by Crippen LogP contribution is -2.38. The standard InChI is InChI=1S/C18H28N4O3S/c1-13-11-16(17(23)22(2)15-9-10-26(24,25)12-15)21-18(19-13)20-14-7-5-3-4-6-8-14/h11,14-15H,3-10,12H2,1-2H3,(H,19,20,21). The van der Waals surface area contributed by atoms with Gasteiger partial charge in [-0.1, -0.05) is 25.7 Å². The Morgan fingerprint density at radius 1 is 1.15 bits per heavy atom. The molecule has 1 aliphatic carbocycles. The summed E-state index contributed by atoms with van der Waals surface area (Å²) in [5, 5.41) is 3.39. The summed E-state index contributed by atoms with van der Waals surface area (Å²) in [6.45, 7) is 1.84. The zero-order valence-corrected chi connectivity index (χ0v) is 16.4. The van der Waals surface area contributed by atoms with E-state index in [1.807, 2.05) is 6.92 Å². The van der Waals surface area contributed by atoms with Gasteiger partial charge in [-0.3, -0.25) is 4.79 Å². The number of hydrogen-bond acceptors (Lipinski definition) is 6. The van der Waals surface area contributed by atoms with Crippen molar-refractivity contribution < 1.29 is 13.2 Å². The molecule has 0 bridgehead atoms. The highest BCUT2D eigenvalue weighted by atomic mass is 32.2. The van der Waals surface area contributed by atoms with E-state index in [2.05, 4.69) is 15.3 Å². The molecule has 144 valence electrons. The predicted octanol–water partition coefficient (Wildman–Crippen LogP) is 2.18. The molecule has 2 fully saturated rings. The summed E-state index contributed by atoms with van der Waals surface area (Å²) in [5.74, 6) is 0.424. The minimum atomic E-state index is -3.03. The van der Waals surface area contributed by atoms with Crippen LogP contribution in [0.15, 0.2) is 6.07 Å². The predicted molar refractivity (Wildman–Crippen MR) is 101 cm³/mol. The molecule has 1 N–H and O–H groups in total. The fourth-order valence-electron chi connectivity index (χ4n) is 3.78. The van der Waals surface area contributed by atoms with E-state index >= 15 is 0 Å². The van der Waals surface area contributed by atoms with Gasteiger partial charge in [-0.15, -0.1) is 0 Å². The Morgan fingerprint density at radius 2 is 1.85 bits per heavy atom. The fraction of sp³-hybridized carbons (Fsp3) is 0.722. The summed E-state index contributed by atoms with van der Waals surface area (Å²) < 4.78 is 23.4. The zero-order valence-electron chi connectivity index (χ0n) is 15.6. The average Bonchev–Trinajstić information content (AvgIpc) is 2.79. The number of rotatable bonds is 4. The van der Waals surface area contributed by atoms with Crippen molar-refractivity contribution >= 4 is 21.7 Å². The molecule has 0 spiro atoms. The summed E-state index contributed by atoms with van der Waals surface area (Å²) >= 11 is 0. The van der Waals surface area contributed by atoms with Gasteiger partial charge in [0.05, 0.1) is 11.5 Å². The molecule has 1 aromatic heterocycles. The Bertz CT molecular complexity index is 758. The second-order valence-corrected chi connectivity index (χ2v) is 9.75. The molecule has 1 aliphatic heterocycles. The van der Waals surface area contributed by atoms with Crippen LogP contribution in [-0.4, -0.2) is 59.8 Å². The normalized spacial score (nSPS) is 23.4. The average molecular weight is 381 g/mol. The molecule has 1 saturated carbocycles. The number of nitrogens with zero attached hydrogens (tertiary/aromatic N) is 3. The van der Waals surface area contributed by atoms with E-state index < -0.39 is 9.84 Å². The summed E-state index contributed by atoms with van der Waals surface area (Å²) in [6.07, 6.45) is 7.63. The number of carbonyl (C=O) groups is 1. The minimum absolute atomic E-state index is 0.0342. The maximum absolute atomic E-state index is 12.8. The number of carbonyl (C=O) groups excluding carboxylic acids is 1. The SMILES string of the molecule is Cc1cc(C(=O)N(C)C2CCS(=O)(=O)C2)nc(NC2CCCCCC2)n1. The van der Waals surface area contributed by atoms with Gasteiger partial charge in [0.15, 0.2) is 9.84 Å². The Balaban J connectivity index is 1.73. The molecule has 1 amide bonds. The van der Waals surface area contributed by atoms with Crippen molar-refractivity contribution in [1.82, 2.24) is 14.9 Å². The summed E-state index contributed by atoms with van der Waals surface area (Å²) in [4.78, 5) is 23.2. The van der Waals surface area contributed by atoms with Crippen molar-refractivity contribution in [2.24, 2.45) is 0 Å². The third-order valence-corrected chi connectivity index (χ3v) is 7.09. The van der Waals surface area contributed by atoms with Gasteiger partial charge in [-0.25, -0.2) is 18.4 Å². The highest BCUT2D eigenvalue weighted by Gasteiger charge is 2.33. The first-order valence-corrected chi connectivity index (χ1v) is 11.3. The van der Waals surface area contributed by atoms with Crippen molar-refractivity contribution in [3.8, 4) is 0 Å². The maximum atomic E-state index is 12.8. The quantitative estimate of drug-likeness (QED) is 0.805. The Kier molecular flexibility index (Phi) is 5.79. The molecule has 1 unspecified atom stereocenters. The van der Waals surface area contributed by atoms with Gasteiger partial charge in [-0.2, -0.15) is 0 Å². The number of nitrogens with one attached hydrogen (secondary N) is 1. The van der Waals surface area contributed by atoms with Crippen molar-refractivity contribution in [2.45, 2.75) is 64.0 Å². The molecule has 26 heavy (non-hydrogen) atoms. The topological polar surface area (TPSA) is 92.3 Å². The van der Waals surface area contributed by atoms with E-state index in [4.69, 9.17) is 0 Å². The lowest BCUT2D eigenvalue weighted by molar-refractivity contribution is 0.0741. The Hall–Kier alpha value is -1.70. The van der Waals surface area contributed by atoms with E-state index in [0.29, 0.717) is 24.1 Å². The maximum Gasteiger partial charge on any atom is 0.272 e. The molecule has 2 heterocycles. The van der Waals surface area contributed by atoms with Crippen molar-refractivity contribution in [1.29, 1.82) is 0 Å². The second-order valence-electron chi connectivity index (χ2n) is 7.52. The molecule has 7 nitrogen and oxygen atoms in total. The summed E-state index contributed by atoms with van der Waals surface area (Å²) in [5.41, 5.74) is 1.05. The third-order valence-electron chi connectivity index (χ3n) is 5.34. The number of sulfone groups is 1. The van der Waals surface area contributed by atoms with Gasteiger partial charge >= 0.3 is 0 Å². The van der Waals surface area contributed by atoms with Crippen LogP contribution in [0.1, 0.15) is 61.1 Å². The van der Waals surface area contributed by atoms with Gasteiger partial charge < -0.3 is 10.2 Å². The molecule has 1 atom stereocenters. The Labute approximate surface area is 155 Å².